The number of rotatable bonds is 2. The molecule has 0 fully saturated rings. The molecule has 5 rings (SSSR count). The van der Waals surface area contributed by atoms with Crippen molar-refractivity contribution in [2.45, 2.75) is 36.5 Å². The van der Waals surface area contributed by atoms with Crippen LogP contribution in [-0.2, 0) is 0 Å². The van der Waals surface area contributed by atoms with Crippen molar-refractivity contribution in [3.8, 4) is 33.5 Å². The van der Waals surface area contributed by atoms with Crippen molar-refractivity contribution in [2.75, 3.05) is 0 Å². The molecule has 0 bridgehead atoms. The van der Waals surface area contributed by atoms with E-state index in [-0.39, 0.29) is 0 Å². The molecule has 0 unspecified atom stereocenters. The molecule has 2 heteroatoms. The number of aryl methyl sites for hydroxylation is 1. The summed E-state index contributed by atoms with van der Waals surface area (Å²) in [6.45, 7) is 6.66. The van der Waals surface area contributed by atoms with Gasteiger partial charge in [0, 0.05) is 21.6 Å². The van der Waals surface area contributed by atoms with Gasteiger partial charge >= 0.3 is 0 Å². The molecular weight excluding hydrogens is 370 g/mol. The summed E-state index contributed by atoms with van der Waals surface area (Å²) in [6.07, 6.45) is 1.93. The summed E-state index contributed by atoms with van der Waals surface area (Å²) >= 11 is 1.87. The second-order valence-corrected chi connectivity index (χ2v) is 9.02. The van der Waals surface area contributed by atoms with Gasteiger partial charge in [0.05, 0.1) is 5.69 Å². The van der Waals surface area contributed by atoms with Crippen LogP contribution >= 0.6 is 11.8 Å². The third-order valence-electron chi connectivity index (χ3n) is 5.67. The summed E-state index contributed by atoms with van der Waals surface area (Å²) in [6, 6.07) is 26.5. The monoisotopic (exact) mass is 393 g/mol. The molecule has 0 amide bonds. The van der Waals surface area contributed by atoms with E-state index in [4.69, 9.17) is 0 Å². The lowest BCUT2D eigenvalue weighted by Crippen LogP contribution is -1.92. The predicted molar refractivity (Wildman–Crippen MR) is 123 cm³/mol. The first-order valence-corrected chi connectivity index (χ1v) is 10.9. The van der Waals surface area contributed by atoms with E-state index in [1.54, 1.807) is 0 Å². The van der Waals surface area contributed by atoms with Crippen LogP contribution in [0.15, 0.2) is 88.8 Å². The maximum absolute atomic E-state index is 4.67. The van der Waals surface area contributed by atoms with Gasteiger partial charge in [0.25, 0.3) is 0 Å². The highest BCUT2D eigenvalue weighted by molar-refractivity contribution is 7.99. The van der Waals surface area contributed by atoms with Crippen molar-refractivity contribution in [2.24, 2.45) is 0 Å². The Morgan fingerprint density at radius 1 is 0.759 bits per heavy atom. The van der Waals surface area contributed by atoms with Crippen molar-refractivity contribution < 1.29 is 0 Å². The Labute approximate surface area is 176 Å². The highest BCUT2D eigenvalue weighted by Gasteiger charge is 2.21. The molecule has 0 aliphatic carbocycles. The van der Waals surface area contributed by atoms with Crippen LogP contribution in [0.25, 0.3) is 33.5 Å². The molecule has 0 radical (unpaired) electrons. The van der Waals surface area contributed by atoms with Gasteiger partial charge in [-0.05, 0) is 76.6 Å². The standard InChI is InChI=1S/C27H23NS/c1-17(2)19-13-14-28-24(16-19)20-11-12-25-23(15-20)21-8-4-5-9-22(21)27-18(3)7-6-10-26(27)29-25/h4-17H,1-3H3. The van der Waals surface area contributed by atoms with Crippen LogP contribution in [0.1, 0.15) is 30.9 Å². The molecule has 142 valence electrons. The molecule has 4 aromatic rings. The van der Waals surface area contributed by atoms with Crippen LogP contribution in [0.5, 0.6) is 0 Å². The van der Waals surface area contributed by atoms with Gasteiger partial charge in [-0.1, -0.05) is 68.1 Å². The number of hydrogen-bond donors (Lipinski definition) is 0. The third kappa shape index (κ3) is 3.18. The van der Waals surface area contributed by atoms with E-state index >= 15 is 0 Å². The Bertz CT molecular complexity index is 1220. The lowest BCUT2D eigenvalue weighted by Gasteiger charge is -2.13. The van der Waals surface area contributed by atoms with Crippen molar-refractivity contribution in [1.29, 1.82) is 0 Å². The van der Waals surface area contributed by atoms with E-state index in [0.29, 0.717) is 5.92 Å². The maximum atomic E-state index is 4.67. The number of nitrogens with zero attached hydrogens (tertiary/aromatic N) is 1. The second-order valence-electron chi connectivity index (χ2n) is 7.94. The molecule has 1 aliphatic heterocycles. The van der Waals surface area contributed by atoms with Gasteiger partial charge in [0.1, 0.15) is 0 Å². The summed E-state index contributed by atoms with van der Waals surface area (Å²) in [4.78, 5) is 7.29. The second kappa shape index (κ2) is 7.20. The molecule has 0 N–H and O–H groups in total. The zero-order chi connectivity index (χ0) is 20.0. The highest BCUT2D eigenvalue weighted by Crippen LogP contribution is 2.49. The Hall–Kier alpha value is -2.84. The first-order valence-electron chi connectivity index (χ1n) is 10.1. The molecule has 2 heterocycles. The average molecular weight is 394 g/mol. The SMILES string of the molecule is Cc1cccc2c1-c1ccccc1-c1cc(-c3cc(C(C)C)ccn3)ccc1S2. The van der Waals surface area contributed by atoms with Gasteiger partial charge in [-0.3, -0.25) is 4.98 Å². The highest BCUT2D eigenvalue weighted by atomic mass is 32.2. The summed E-state index contributed by atoms with van der Waals surface area (Å²) in [5, 5.41) is 0. The number of hydrogen-bond acceptors (Lipinski definition) is 2. The first kappa shape index (κ1) is 18.2. The first-order chi connectivity index (χ1) is 14.1. The molecule has 1 nitrogen and oxygen atoms in total. The molecule has 0 saturated heterocycles. The van der Waals surface area contributed by atoms with Crippen molar-refractivity contribution >= 4 is 11.8 Å². The Kier molecular flexibility index (Phi) is 4.52. The largest absolute Gasteiger partial charge is 0.256 e. The molecule has 3 aromatic carbocycles. The Morgan fingerprint density at radius 3 is 2.41 bits per heavy atom. The fourth-order valence-corrected chi connectivity index (χ4v) is 5.25. The van der Waals surface area contributed by atoms with Crippen LogP contribution in [0.3, 0.4) is 0 Å². The van der Waals surface area contributed by atoms with E-state index in [0.717, 1.165) is 5.69 Å². The van der Waals surface area contributed by atoms with Crippen molar-refractivity contribution in [3.05, 3.63) is 90.1 Å². The zero-order valence-corrected chi connectivity index (χ0v) is 17.8. The summed E-state index contributed by atoms with van der Waals surface area (Å²) < 4.78 is 0. The van der Waals surface area contributed by atoms with Gasteiger partial charge in [-0.25, -0.2) is 0 Å². The minimum absolute atomic E-state index is 0.492. The van der Waals surface area contributed by atoms with Gasteiger partial charge in [0.2, 0.25) is 0 Å². The third-order valence-corrected chi connectivity index (χ3v) is 6.80. The molecule has 1 aromatic heterocycles. The molecule has 0 saturated carbocycles. The van der Waals surface area contributed by atoms with Gasteiger partial charge in [-0.15, -0.1) is 0 Å². The Morgan fingerprint density at radius 2 is 1.59 bits per heavy atom. The zero-order valence-electron chi connectivity index (χ0n) is 16.9. The maximum Gasteiger partial charge on any atom is 0.0705 e. The van der Waals surface area contributed by atoms with E-state index in [9.17, 15) is 0 Å². The summed E-state index contributed by atoms with van der Waals surface area (Å²) in [5.41, 5.74) is 10.1. The lowest BCUT2D eigenvalue weighted by molar-refractivity contribution is 0.864. The van der Waals surface area contributed by atoms with Crippen molar-refractivity contribution in [1.82, 2.24) is 4.98 Å². The summed E-state index contributed by atoms with van der Waals surface area (Å²) in [5.74, 6) is 0.492. The fourth-order valence-electron chi connectivity index (χ4n) is 4.08. The van der Waals surface area contributed by atoms with Crippen LogP contribution in [0.4, 0.5) is 0 Å². The minimum atomic E-state index is 0.492. The number of benzene rings is 3. The van der Waals surface area contributed by atoms with Crippen LogP contribution in [0.2, 0.25) is 0 Å². The fraction of sp³-hybridized carbons (Fsp3) is 0.148. The number of fused-ring (bicyclic) bond motifs is 5. The molecular formula is C27H23NS. The van der Waals surface area contributed by atoms with Crippen LogP contribution < -0.4 is 0 Å². The quantitative estimate of drug-likeness (QED) is 0.301. The van der Waals surface area contributed by atoms with Crippen LogP contribution in [-0.4, -0.2) is 4.98 Å². The number of aromatic nitrogens is 1. The minimum Gasteiger partial charge on any atom is -0.256 e. The van der Waals surface area contributed by atoms with Gasteiger partial charge < -0.3 is 0 Å². The molecule has 29 heavy (non-hydrogen) atoms. The normalized spacial score (nSPS) is 12.1. The number of pyridine rings is 1. The van der Waals surface area contributed by atoms with Gasteiger partial charge in [-0.2, -0.15) is 0 Å². The predicted octanol–water partition coefficient (Wildman–Crippen LogP) is 7.98. The Balaban J connectivity index is 1.73. The van der Waals surface area contributed by atoms with E-state index in [1.165, 1.54) is 48.7 Å². The summed E-state index contributed by atoms with van der Waals surface area (Å²) in [7, 11) is 0. The smallest absolute Gasteiger partial charge is 0.0705 e. The molecule has 1 aliphatic rings. The van der Waals surface area contributed by atoms with E-state index in [1.807, 2.05) is 18.0 Å². The van der Waals surface area contributed by atoms with E-state index in [2.05, 4.69) is 98.6 Å². The molecule has 0 spiro atoms. The topological polar surface area (TPSA) is 12.9 Å². The van der Waals surface area contributed by atoms with Gasteiger partial charge in [0.15, 0.2) is 0 Å². The van der Waals surface area contributed by atoms with Crippen LogP contribution in [0, 0.1) is 6.92 Å². The van der Waals surface area contributed by atoms with Crippen molar-refractivity contribution in [3.63, 3.8) is 0 Å². The van der Waals surface area contributed by atoms with E-state index < -0.39 is 0 Å². The molecule has 0 atom stereocenters. The lowest BCUT2D eigenvalue weighted by atomic mass is 9.91. The average Bonchev–Trinajstić information content (AvgIpc) is 2.88.